The van der Waals surface area contributed by atoms with Crippen LogP contribution in [0.1, 0.15) is 40.7 Å². The molecule has 2 heterocycles. The molecule has 2 atom stereocenters. The number of aromatic carboxylic acids is 1. The van der Waals surface area contributed by atoms with Crippen LogP contribution in [0.4, 0.5) is 0 Å². The van der Waals surface area contributed by atoms with Crippen LogP contribution in [0.15, 0.2) is 35.7 Å². The first kappa shape index (κ1) is 16.0. The van der Waals surface area contributed by atoms with E-state index in [-0.39, 0.29) is 11.6 Å². The number of benzene rings is 1. The van der Waals surface area contributed by atoms with Crippen LogP contribution >= 0.6 is 11.3 Å². The zero-order valence-corrected chi connectivity index (χ0v) is 13.8. The maximum Gasteiger partial charge on any atom is 0.335 e. The van der Waals surface area contributed by atoms with Gasteiger partial charge in [-0.25, -0.2) is 4.79 Å². The smallest absolute Gasteiger partial charge is 0.335 e. The fraction of sp³-hybridized carbons (Fsp3) is 0.353. The molecule has 1 aliphatic rings. The average Bonchev–Trinajstić information content (AvgIpc) is 2.95. The summed E-state index contributed by atoms with van der Waals surface area (Å²) in [6.45, 7) is 4.28. The first-order valence-electron chi connectivity index (χ1n) is 7.38. The molecule has 0 bridgehead atoms. The lowest BCUT2D eigenvalue weighted by Crippen LogP contribution is -2.51. The molecular weight excluding hydrogens is 314 g/mol. The van der Waals surface area contributed by atoms with E-state index in [1.165, 1.54) is 0 Å². The minimum Gasteiger partial charge on any atom is -0.484 e. The lowest BCUT2D eigenvalue weighted by atomic mass is 9.90. The van der Waals surface area contributed by atoms with Crippen molar-refractivity contribution in [3.8, 4) is 5.75 Å². The van der Waals surface area contributed by atoms with E-state index in [4.69, 9.17) is 9.84 Å². The second-order valence-corrected chi connectivity index (χ2v) is 7.11. The van der Waals surface area contributed by atoms with Gasteiger partial charge in [-0.1, -0.05) is 12.1 Å². The highest BCUT2D eigenvalue weighted by atomic mass is 32.1. The molecule has 0 radical (unpaired) electrons. The molecule has 1 aliphatic heterocycles. The predicted octanol–water partition coefficient (Wildman–Crippen LogP) is 2.81. The summed E-state index contributed by atoms with van der Waals surface area (Å²) in [5.74, 6) is -0.127. The number of aliphatic hydroxyl groups is 1. The van der Waals surface area contributed by atoms with Crippen molar-refractivity contribution in [3.05, 3.63) is 51.7 Å². The summed E-state index contributed by atoms with van der Waals surface area (Å²) in [6, 6.07) is 8.43. The van der Waals surface area contributed by atoms with Gasteiger partial charge in [0.25, 0.3) is 0 Å². The summed E-state index contributed by atoms with van der Waals surface area (Å²) in [4.78, 5) is 11.9. The molecule has 6 heteroatoms. The van der Waals surface area contributed by atoms with Crippen molar-refractivity contribution < 1.29 is 19.7 Å². The molecule has 0 spiro atoms. The fourth-order valence-electron chi connectivity index (χ4n) is 2.71. The summed E-state index contributed by atoms with van der Waals surface area (Å²) >= 11 is 1.55. The quantitative estimate of drug-likeness (QED) is 0.802. The zero-order chi connectivity index (χ0) is 16.6. The Hall–Kier alpha value is -1.89. The minimum absolute atomic E-state index is 0.215. The number of fused-ring (bicyclic) bond motifs is 1. The third-order valence-electron chi connectivity index (χ3n) is 4.07. The molecule has 0 aliphatic carbocycles. The third kappa shape index (κ3) is 3.10. The van der Waals surface area contributed by atoms with E-state index >= 15 is 0 Å². The Morgan fingerprint density at radius 1 is 1.30 bits per heavy atom. The maximum atomic E-state index is 10.9. The van der Waals surface area contributed by atoms with Crippen LogP contribution in [0.2, 0.25) is 0 Å². The van der Waals surface area contributed by atoms with Crippen LogP contribution in [-0.2, 0) is 6.54 Å². The van der Waals surface area contributed by atoms with Gasteiger partial charge in [0.2, 0.25) is 0 Å². The minimum atomic E-state index is -0.936. The van der Waals surface area contributed by atoms with Crippen LogP contribution in [0.5, 0.6) is 5.75 Å². The number of nitrogens with one attached hydrogen (secondary N) is 1. The number of thiophene rings is 1. The molecular formula is C17H19NO4S. The molecule has 5 nitrogen and oxygen atoms in total. The Morgan fingerprint density at radius 3 is 2.65 bits per heavy atom. The molecule has 1 aromatic carbocycles. The first-order chi connectivity index (χ1) is 10.9. The lowest BCUT2D eigenvalue weighted by Gasteiger charge is -2.41. The number of hydrogen-bond acceptors (Lipinski definition) is 5. The number of rotatable bonds is 4. The highest BCUT2D eigenvalue weighted by molar-refractivity contribution is 7.10. The van der Waals surface area contributed by atoms with E-state index in [0.717, 1.165) is 16.2 Å². The molecule has 2 aromatic rings. The summed E-state index contributed by atoms with van der Waals surface area (Å²) in [5, 5.41) is 24.8. The summed E-state index contributed by atoms with van der Waals surface area (Å²) in [6.07, 6.45) is -0.674. The SMILES string of the molecule is CC1(C)Oc2ccsc2[C@@H](NCc2ccc(C(=O)O)cc2)[C@@H]1O. The Kier molecular flexibility index (Phi) is 4.14. The summed E-state index contributed by atoms with van der Waals surface area (Å²) in [5.41, 5.74) is 0.560. The highest BCUT2D eigenvalue weighted by Gasteiger charge is 2.43. The lowest BCUT2D eigenvalue weighted by molar-refractivity contribution is -0.0632. The normalized spacial score (nSPS) is 22.2. The number of ether oxygens (including phenoxy) is 1. The van der Waals surface area contributed by atoms with Crippen LogP contribution in [0, 0.1) is 0 Å². The van der Waals surface area contributed by atoms with Gasteiger partial charge in [-0.3, -0.25) is 0 Å². The number of carboxylic acid groups (broad SMARTS) is 1. The van der Waals surface area contributed by atoms with E-state index in [2.05, 4.69) is 5.32 Å². The van der Waals surface area contributed by atoms with Gasteiger partial charge < -0.3 is 20.3 Å². The highest BCUT2D eigenvalue weighted by Crippen LogP contribution is 2.42. The standard InChI is InChI=1S/C17H19NO4S/c1-17(2)15(19)13(14-12(22-17)7-8-23-14)18-9-10-3-5-11(6-4-10)16(20)21/h3-8,13,15,18-19H,9H2,1-2H3,(H,20,21)/t13-,15+/m1/s1. The molecule has 3 rings (SSSR count). The van der Waals surface area contributed by atoms with Gasteiger partial charge in [-0.05, 0) is 43.0 Å². The van der Waals surface area contributed by atoms with E-state index in [9.17, 15) is 9.90 Å². The fourth-order valence-corrected chi connectivity index (χ4v) is 3.63. The average molecular weight is 333 g/mol. The molecule has 122 valence electrons. The first-order valence-corrected chi connectivity index (χ1v) is 8.26. The Morgan fingerprint density at radius 2 is 2.00 bits per heavy atom. The monoisotopic (exact) mass is 333 g/mol. The molecule has 0 unspecified atom stereocenters. The van der Waals surface area contributed by atoms with Gasteiger partial charge in [0.15, 0.2) is 0 Å². The predicted molar refractivity (Wildman–Crippen MR) is 88.0 cm³/mol. The number of hydrogen-bond donors (Lipinski definition) is 3. The van der Waals surface area contributed by atoms with E-state index < -0.39 is 17.7 Å². The second kappa shape index (κ2) is 5.96. The third-order valence-corrected chi connectivity index (χ3v) is 5.05. The Bertz CT molecular complexity index is 708. The van der Waals surface area contributed by atoms with E-state index in [1.807, 2.05) is 25.3 Å². The van der Waals surface area contributed by atoms with Crippen LogP contribution in [0.3, 0.4) is 0 Å². The van der Waals surface area contributed by atoms with E-state index in [1.54, 1.807) is 35.6 Å². The molecule has 3 N–H and O–H groups in total. The van der Waals surface area contributed by atoms with Gasteiger partial charge in [0, 0.05) is 6.54 Å². The van der Waals surface area contributed by atoms with Crippen LogP contribution in [0.25, 0.3) is 0 Å². The van der Waals surface area contributed by atoms with E-state index in [0.29, 0.717) is 6.54 Å². The van der Waals surface area contributed by atoms with Crippen LogP contribution in [-0.4, -0.2) is 27.9 Å². The molecule has 1 aromatic heterocycles. The van der Waals surface area contributed by atoms with Gasteiger partial charge in [-0.15, -0.1) is 11.3 Å². The topological polar surface area (TPSA) is 78.8 Å². The molecule has 0 saturated carbocycles. The summed E-state index contributed by atoms with van der Waals surface area (Å²) < 4.78 is 5.85. The molecule has 0 fully saturated rings. The van der Waals surface area contributed by atoms with Crippen molar-refractivity contribution in [2.45, 2.75) is 38.1 Å². The Labute approximate surface area is 138 Å². The Balaban J connectivity index is 1.76. The van der Waals surface area contributed by atoms with Crippen LogP contribution < -0.4 is 10.1 Å². The molecule has 23 heavy (non-hydrogen) atoms. The second-order valence-electron chi connectivity index (χ2n) is 6.16. The van der Waals surface area contributed by atoms with Crippen molar-refractivity contribution in [3.63, 3.8) is 0 Å². The maximum absolute atomic E-state index is 10.9. The van der Waals surface area contributed by atoms with Crippen molar-refractivity contribution in [1.29, 1.82) is 0 Å². The number of aliphatic hydroxyl groups excluding tert-OH is 1. The summed E-state index contributed by atoms with van der Waals surface area (Å²) in [7, 11) is 0. The largest absolute Gasteiger partial charge is 0.484 e. The van der Waals surface area contributed by atoms with Crippen molar-refractivity contribution in [1.82, 2.24) is 5.32 Å². The zero-order valence-electron chi connectivity index (χ0n) is 12.9. The number of carboxylic acids is 1. The van der Waals surface area contributed by atoms with Gasteiger partial charge in [0.05, 0.1) is 16.5 Å². The van der Waals surface area contributed by atoms with Gasteiger partial charge >= 0.3 is 5.97 Å². The molecule has 0 amide bonds. The van der Waals surface area contributed by atoms with Crippen molar-refractivity contribution in [2.75, 3.05) is 0 Å². The van der Waals surface area contributed by atoms with Gasteiger partial charge in [-0.2, -0.15) is 0 Å². The molecule has 0 saturated heterocycles. The van der Waals surface area contributed by atoms with Crippen molar-refractivity contribution >= 4 is 17.3 Å². The van der Waals surface area contributed by atoms with Gasteiger partial charge in [0.1, 0.15) is 17.5 Å². The number of carbonyl (C=O) groups is 1. The van der Waals surface area contributed by atoms with Crippen molar-refractivity contribution in [2.24, 2.45) is 0 Å².